The third-order valence-electron chi connectivity index (χ3n) is 4.18. The van der Waals surface area contributed by atoms with E-state index in [-0.39, 0.29) is 6.04 Å². The van der Waals surface area contributed by atoms with Crippen LogP contribution < -0.4 is 5.32 Å². The number of ether oxygens (including phenoxy) is 1. The van der Waals surface area contributed by atoms with Crippen molar-refractivity contribution in [1.29, 1.82) is 0 Å². The van der Waals surface area contributed by atoms with Crippen LogP contribution >= 0.6 is 0 Å². The second-order valence-electron chi connectivity index (χ2n) is 5.84. The molecule has 24 heavy (non-hydrogen) atoms. The first kappa shape index (κ1) is 15.0. The number of hydrogen-bond acceptors (Lipinski definition) is 7. The molecule has 0 radical (unpaired) electrons. The molecule has 1 N–H and O–H groups in total. The molecule has 0 aromatic carbocycles. The van der Waals surface area contributed by atoms with Crippen LogP contribution in [0.15, 0.2) is 12.4 Å². The minimum Gasteiger partial charge on any atom is -0.377 e. The SMILES string of the molecule is CCc1cc(NC2CCCn3nc(COC)nc32)n2ncnc2n1. The number of fused-ring (bicyclic) bond motifs is 2. The molecule has 1 unspecified atom stereocenters. The highest BCUT2D eigenvalue weighted by atomic mass is 16.5. The lowest BCUT2D eigenvalue weighted by Crippen LogP contribution is -2.23. The van der Waals surface area contributed by atoms with Crippen molar-refractivity contribution in [3.63, 3.8) is 0 Å². The molecule has 0 saturated heterocycles. The minimum absolute atomic E-state index is 0.0800. The molecule has 0 saturated carbocycles. The fourth-order valence-electron chi connectivity index (χ4n) is 3.05. The quantitative estimate of drug-likeness (QED) is 0.756. The summed E-state index contributed by atoms with van der Waals surface area (Å²) in [5.74, 6) is 3.14. The topological polar surface area (TPSA) is 95.0 Å². The van der Waals surface area contributed by atoms with E-state index in [1.807, 2.05) is 10.7 Å². The van der Waals surface area contributed by atoms with Crippen LogP contribution in [0.4, 0.5) is 5.82 Å². The van der Waals surface area contributed by atoms with Gasteiger partial charge in [-0.15, -0.1) is 0 Å². The van der Waals surface area contributed by atoms with Crippen molar-refractivity contribution in [2.24, 2.45) is 0 Å². The summed E-state index contributed by atoms with van der Waals surface area (Å²) in [6, 6.07) is 2.10. The Morgan fingerprint density at radius 3 is 3.12 bits per heavy atom. The molecule has 0 bridgehead atoms. The summed E-state index contributed by atoms with van der Waals surface area (Å²) >= 11 is 0. The Labute approximate surface area is 139 Å². The van der Waals surface area contributed by atoms with Crippen LogP contribution in [0.3, 0.4) is 0 Å². The van der Waals surface area contributed by atoms with Crippen LogP contribution in [-0.2, 0) is 24.3 Å². The minimum atomic E-state index is 0.0800. The molecule has 4 heterocycles. The van der Waals surface area contributed by atoms with Crippen molar-refractivity contribution in [3.8, 4) is 0 Å². The van der Waals surface area contributed by atoms with E-state index >= 15 is 0 Å². The monoisotopic (exact) mass is 328 g/mol. The lowest BCUT2D eigenvalue weighted by molar-refractivity contribution is 0.177. The first-order valence-corrected chi connectivity index (χ1v) is 8.17. The van der Waals surface area contributed by atoms with Gasteiger partial charge in [0.1, 0.15) is 24.6 Å². The second kappa shape index (κ2) is 6.16. The second-order valence-corrected chi connectivity index (χ2v) is 5.84. The van der Waals surface area contributed by atoms with E-state index in [9.17, 15) is 0 Å². The van der Waals surface area contributed by atoms with Crippen molar-refractivity contribution >= 4 is 11.6 Å². The lowest BCUT2D eigenvalue weighted by Gasteiger charge is -2.24. The van der Waals surface area contributed by atoms with Crippen molar-refractivity contribution < 1.29 is 4.74 Å². The van der Waals surface area contributed by atoms with Crippen molar-refractivity contribution in [2.45, 2.75) is 45.4 Å². The van der Waals surface area contributed by atoms with Gasteiger partial charge in [0.25, 0.3) is 5.78 Å². The van der Waals surface area contributed by atoms with E-state index < -0.39 is 0 Å². The average molecular weight is 328 g/mol. The normalized spacial score (nSPS) is 17.2. The standard InChI is InChI=1S/C15H20N8O/c1-3-10-7-13(23-15(18-10)16-9-17-23)19-11-5-4-6-22-14(11)20-12(21-22)8-24-2/h7,9,11,19H,3-6,8H2,1-2H3. The van der Waals surface area contributed by atoms with E-state index in [1.54, 1.807) is 11.6 Å². The summed E-state index contributed by atoms with van der Waals surface area (Å²) in [5.41, 5.74) is 0.982. The molecular weight excluding hydrogens is 308 g/mol. The predicted octanol–water partition coefficient (Wildman–Crippen LogP) is 1.37. The van der Waals surface area contributed by atoms with Gasteiger partial charge < -0.3 is 10.1 Å². The molecule has 0 spiro atoms. The number of aryl methyl sites for hydroxylation is 2. The van der Waals surface area contributed by atoms with Gasteiger partial charge in [0.05, 0.1) is 6.04 Å². The van der Waals surface area contributed by atoms with Crippen molar-refractivity contribution in [1.82, 2.24) is 34.3 Å². The Morgan fingerprint density at radius 1 is 1.38 bits per heavy atom. The summed E-state index contributed by atoms with van der Waals surface area (Å²) in [6.07, 6.45) is 4.40. The Hall–Kier alpha value is -2.55. The highest BCUT2D eigenvalue weighted by molar-refractivity contribution is 5.46. The molecular formula is C15H20N8O. The zero-order valence-corrected chi connectivity index (χ0v) is 13.8. The molecule has 0 fully saturated rings. The van der Waals surface area contributed by atoms with Gasteiger partial charge in [-0.1, -0.05) is 6.92 Å². The van der Waals surface area contributed by atoms with E-state index in [2.05, 4.69) is 37.4 Å². The van der Waals surface area contributed by atoms with Crippen LogP contribution in [0.25, 0.3) is 5.78 Å². The number of nitrogens with zero attached hydrogens (tertiary/aromatic N) is 7. The number of anilines is 1. The number of hydrogen-bond donors (Lipinski definition) is 1. The highest BCUT2D eigenvalue weighted by Crippen LogP contribution is 2.27. The van der Waals surface area contributed by atoms with Crippen LogP contribution in [0.5, 0.6) is 0 Å². The van der Waals surface area contributed by atoms with Gasteiger partial charge in [0.15, 0.2) is 5.82 Å². The fourth-order valence-corrected chi connectivity index (χ4v) is 3.05. The van der Waals surface area contributed by atoms with E-state index in [0.717, 1.165) is 49.0 Å². The van der Waals surface area contributed by atoms with Crippen LogP contribution in [-0.4, -0.2) is 41.5 Å². The maximum absolute atomic E-state index is 5.15. The highest BCUT2D eigenvalue weighted by Gasteiger charge is 2.25. The predicted molar refractivity (Wildman–Crippen MR) is 86.5 cm³/mol. The summed E-state index contributed by atoms with van der Waals surface area (Å²) in [7, 11) is 1.65. The molecule has 1 aliphatic heterocycles. The van der Waals surface area contributed by atoms with E-state index in [4.69, 9.17) is 4.74 Å². The van der Waals surface area contributed by atoms with Gasteiger partial charge in [0.2, 0.25) is 0 Å². The van der Waals surface area contributed by atoms with Crippen LogP contribution in [0.2, 0.25) is 0 Å². The zero-order chi connectivity index (χ0) is 16.5. The summed E-state index contributed by atoms with van der Waals surface area (Å²) < 4.78 is 8.84. The van der Waals surface area contributed by atoms with Crippen LogP contribution in [0, 0.1) is 0 Å². The summed E-state index contributed by atoms with van der Waals surface area (Å²) in [6.45, 7) is 3.39. The Morgan fingerprint density at radius 2 is 2.29 bits per heavy atom. The molecule has 126 valence electrons. The van der Waals surface area contributed by atoms with Gasteiger partial charge in [-0.25, -0.2) is 14.6 Å². The molecule has 3 aromatic rings. The molecule has 9 heteroatoms. The third-order valence-corrected chi connectivity index (χ3v) is 4.18. The molecule has 0 amide bonds. The van der Waals surface area contributed by atoms with E-state index in [0.29, 0.717) is 12.4 Å². The number of rotatable bonds is 5. The molecule has 9 nitrogen and oxygen atoms in total. The number of methoxy groups -OCH3 is 1. The van der Waals surface area contributed by atoms with Crippen molar-refractivity contribution in [3.05, 3.63) is 29.7 Å². The molecule has 1 aliphatic rings. The third kappa shape index (κ3) is 2.60. The lowest BCUT2D eigenvalue weighted by atomic mass is 10.1. The van der Waals surface area contributed by atoms with Gasteiger partial charge >= 0.3 is 0 Å². The van der Waals surface area contributed by atoms with Crippen molar-refractivity contribution in [2.75, 3.05) is 12.4 Å². The van der Waals surface area contributed by atoms with Gasteiger partial charge in [-0.05, 0) is 19.3 Å². The van der Waals surface area contributed by atoms with Gasteiger partial charge in [-0.3, -0.25) is 0 Å². The van der Waals surface area contributed by atoms with Gasteiger partial charge in [0, 0.05) is 25.4 Å². The largest absolute Gasteiger partial charge is 0.377 e. The first-order chi connectivity index (χ1) is 11.8. The molecule has 3 aromatic heterocycles. The summed E-state index contributed by atoms with van der Waals surface area (Å²) in [5, 5.41) is 12.3. The molecule has 0 aliphatic carbocycles. The number of nitrogens with one attached hydrogen (secondary N) is 1. The summed E-state index contributed by atoms with van der Waals surface area (Å²) in [4.78, 5) is 13.3. The molecule has 1 atom stereocenters. The maximum atomic E-state index is 5.15. The Bertz CT molecular complexity index is 854. The molecule has 4 rings (SSSR count). The average Bonchev–Trinajstić information content (AvgIpc) is 3.21. The Balaban J connectivity index is 1.68. The maximum Gasteiger partial charge on any atom is 0.254 e. The fraction of sp³-hybridized carbons (Fsp3) is 0.533. The zero-order valence-electron chi connectivity index (χ0n) is 13.8. The van der Waals surface area contributed by atoms with Crippen LogP contribution in [0.1, 0.15) is 43.1 Å². The smallest absolute Gasteiger partial charge is 0.254 e. The number of aromatic nitrogens is 7. The van der Waals surface area contributed by atoms with Gasteiger partial charge in [-0.2, -0.15) is 19.7 Å². The Kier molecular flexibility index (Phi) is 3.85. The first-order valence-electron chi connectivity index (χ1n) is 8.17. The van der Waals surface area contributed by atoms with E-state index in [1.165, 1.54) is 6.33 Å².